The van der Waals surface area contributed by atoms with E-state index in [1.165, 1.54) is 86.9 Å². The molecular formula is C46H26N2. The number of benzene rings is 8. The second-order valence-electron chi connectivity index (χ2n) is 12.9. The highest BCUT2D eigenvalue weighted by Crippen LogP contribution is 2.45. The molecule has 0 aliphatic rings. The molecular weight excluding hydrogens is 581 g/mol. The van der Waals surface area contributed by atoms with Crippen LogP contribution in [0.15, 0.2) is 158 Å². The Bertz CT molecular complexity index is 3100. The molecule has 0 N–H and O–H groups in total. The van der Waals surface area contributed by atoms with Crippen LogP contribution in [0.4, 0.5) is 0 Å². The molecule has 0 fully saturated rings. The molecule has 0 radical (unpaired) electrons. The third-order valence-electron chi connectivity index (χ3n) is 10.4. The van der Waals surface area contributed by atoms with Gasteiger partial charge >= 0.3 is 0 Å². The first kappa shape index (κ1) is 25.8. The largest absolute Gasteiger partial charge is 0.254 e. The van der Waals surface area contributed by atoms with Crippen LogP contribution in [0.1, 0.15) is 0 Å². The molecule has 0 atom stereocenters. The van der Waals surface area contributed by atoms with Gasteiger partial charge in [-0.25, -0.2) is 0 Å². The Morgan fingerprint density at radius 3 is 1.40 bits per heavy atom. The van der Waals surface area contributed by atoms with Gasteiger partial charge in [-0.05, 0) is 111 Å². The summed E-state index contributed by atoms with van der Waals surface area (Å²) in [5, 5.41) is 17.8. The van der Waals surface area contributed by atoms with Crippen LogP contribution in [0, 0.1) is 0 Å². The Hall–Kier alpha value is -6.38. The molecule has 0 saturated heterocycles. The Morgan fingerprint density at radius 2 is 0.729 bits per heavy atom. The van der Waals surface area contributed by atoms with Crippen molar-refractivity contribution in [3.63, 3.8) is 0 Å². The minimum absolute atomic E-state index is 0.937. The minimum Gasteiger partial charge on any atom is -0.254 e. The number of nitrogens with zero attached hydrogens (tertiary/aromatic N) is 2. The summed E-state index contributed by atoms with van der Waals surface area (Å²) in [7, 11) is 0. The minimum atomic E-state index is 0.937. The monoisotopic (exact) mass is 606 g/mol. The molecule has 0 bridgehead atoms. The first-order valence-corrected chi connectivity index (χ1v) is 16.5. The van der Waals surface area contributed by atoms with Crippen LogP contribution in [-0.2, 0) is 0 Å². The Labute approximate surface area is 275 Å². The lowest BCUT2D eigenvalue weighted by atomic mass is 9.85. The topological polar surface area (TPSA) is 25.8 Å². The number of hydrogen-bond donors (Lipinski definition) is 0. The highest BCUT2D eigenvalue weighted by atomic mass is 14.7. The van der Waals surface area contributed by atoms with E-state index in [-0.39, 0.29) is 0 Å². The van der Waals surface area contributed by atoms with Crippen molar-refractivity contribution in [3.8, 4) is 22.3 Å². The Morgan fingerprint density at radius 1 is 0.292 bits per heavy atom. The molecule has 0 saturated carbocycles. The summed E-state index contributed by atoms with van der Waals surface area (Å²) in [6, 6.07) is 53.8. The van der Waals surface area contributed by atoms with Crippen LogP contribution in [0.3, 0.4) is 0 Å². The average molecular weight is 607 g/mol. The van der Waals surface area contributed by atoms with Crippen molar-refractivity contribution in [2.75, 3.05) is 0 Å². The van der Waals surface area contributed by atoms with E-state index in [4.69, 9.17) is 4.98 Å². The molecule has 2 heteroatoms. The number of pyridine rings is 2. The molecule has 0 aliphatic carbocycles. The molecule has 9 aromatic carbocycles. The summed E-state index contributed by atoms with van der Waals surface area (Å²) < 4.78 is 0. The highest BCUT2D eigenvalue weighted by Gasteiger charge is 2.18. The van der Waals surface area contributed by atoms with E-state index in [0.717, 1.165) is 21.8 Å². The molecule has 0 unspecified atom stereocenters. The maximum absolute atomic E-state index is 4.74. The third-order valence-corrected chi connectivity index (χ3v) is 10.4. The zero-order chi connectivity index (χ0) is 31.3. The van der Waals surface area contributed by atoms with Crippen LogP contribution in [0.5, 0.6) is 0 Å². The Kier molecular flexibility index (Phi) is 5.14. The number of rotatable bonds is 2. The second kappa shape index (κ2) is 9.57. The molecule has 0 aliphatic heterocycles. The lowest BCUT2D eigenvalue weighted by Gasteiger charge is -2.18. The van der Waals surface area contributed by atoms with Gasteiger partial charge in [-0.15, -0.1) is 0 Å². The van der Waals surface area contributed by atoms with Crippen molar-refractivity contribution < 1.29 is 0 Å². The van der Waals surface area contributed by atoms with Gasteiger partial charge in [0.15, 0.2) is 0 Å². The van der Waals surface area contributed by atoms with Crippen LogP contribution in [0.2, 0.25) is 0 Å². The Balaban J connectivity index is 1.22. The van der Waals surface area contributed by atoms with Crippen LogP contribution in [0.25, 0.3) is 109 Å². The van der Waals surface area contributed by atoms with Crippen molar-refractivity contribution >= 4 is 86.4 Å². The van der Waals surface area contributed by atoms with Gasteiger partial charge in [0.05, 0.1) is 11.0 Å². The molecule has 0 spiro atoms. The van der Waals surface area contributed by atoms with Gasteiger partial charge in [0.1, 0.15) is 0 Å². The zero-order valence-electron chi connectivity index (χ0n) is 25.9. The fourth-order valence-corrected chi connectivity index (χ4v) is 8.39. The highest BCUT2D eigenvalue weighted by molar-refractivity contribution is 6.38. The fraction of sp³-hybridized carbons (Fsp3) is 0. The van der Waals surface area contributed by atoms with Crippen molar-refractivity contribution in [3.05, 3.63) is 158 Å². The zero-order valence-corrected chi connectivity index (χ0v) is 25.9. The van der Waals surface area contributed by atoms with Gasteiger partial charge in [-0.3, -0.25) is 9.97 Å². The fourth-order valence-electron chi connectivity index (χ4n) is 8.39. The quantitative estimate of drug-likeness (QED) is 0.183. The molecule has 11 rings (SSSR count). The maximum atomic E-state index is 4.74. The van der Waals surface area contributed by atoms with Crippen LogP contribution >= 0.6 is 0 Å². The first-order chi connectivity index (χ1) is 23.8. The van der Waals surface area contributed by atoms with E-state index in [0.29, 0.717) is 0 Å². The van der Waals surface area contributed by atoms with Gasteiger partial charge in [-0.1, -0.05) is 121 Å². The number of fused-ring (bicyclic) bond motifs is 5. The number of aromatic nitrogens is 2. The standard InChI is InChI=1S/C46H26N2/c1-7-29-21-22-30-8-2-12-35-36-14-4-15-37-39(25-31-9-3-13-34(43(31)44(36)37)33(11-1)41(29)42(30)35)27-17-19-28(20-18-27)40-26-32-10-5-23-47-45(32)46-38(40)16-6-24-48-46/h1-26H. The molecule has 11 aromatic rings. The summed E-state index contributed by atoms with van der Waals surface area (Å²) in [6.45, 7) is 0. The van der Waals surface area contributed by atoms with Gasteiger partial charge in [0.25, 0.3) is 0 Å². The van der Waals surface area contributed by atoms with E-state index in [1.807, 2.05) is 24.5 Å². The number of hydrogen-bond acceptors (Lipinski definition) is 2. The van der Waals surface area contributed by atoms with Gasteiger partial charge in [0.2, 0.25) is 0 Å². The molecule has 2 nitrogen and oxygen atoms in total. The summed E-state index contributed by atoms with van der Waals surface area (Å²) in [4.78, 5) is 9.39. The van der Waals surface area contributed by atoms with Gasteiger partial charge in [-0.2, -0.15) is 0 Å². The van der Waals surface area contributed by atoms with Crippen molar-refractivity contribution in [1.82, 2.24) is 9.97 Å². The molecule has 0 amide bonds. The summed E-state index contributed by atoms with van der Waals surface area (Å²) in [6.07, 6.45) is 3.70. The normalized spacial score (nSPS) is 12.2. The van der Waals surface area contributed by atoms with E-state index in [9.17, 15) is 0 Å². The van der Waals surface area contributed by atoms with E-state index in [1.54, 1.807) is 0 Å². The summed E-state index contributed by atoms with van der Waals surface area (Å²) in [5.74, 6) is 0. The molecule has 2 aromatic heterocycles. The second-order valence-corrected chi connectivity index (χ2v) is 12.9. The van der Waals surface area contributed by atoms with Crippen LogP contribution in [-0.4, -0.2) is 9.97 Å². The smallest absolute Gasteiger partial charge is 0.0970 e. The van der Waals surface area contributed by atoms with Crippen molar-refractivity contribution in [1.29, 1.82) is 0 Å². The summed E-state index contributed by atoms with van der Waals surface area (Å²) in [5.41, 5.74) is 6.67. The van der Waals surface area contributed by atoms with E-state index < -0.39 is 0 Å². The predicted molar refractivity (Wildman–Crippen MR) is 204 cm³/mol. The van der Waals surface area contributed by atoms with E-state index >= 15 is 0 Å². The molecule has 220 valence electrons. The van der Waals surface area contributed by atoms with Crippen molar-refractivity contribution in [2.24, 2.45) is 0 Å². The summed E-state index contributed by atoms with van der Waals surface area (Å²) >= 11 is 0. The van der Waals surface area contributed by atoms with Gasteiger partial charge in [0, 0.05) is 23.2 Å². The SMILES string of the molecule is c1cnc2c(c1)cc(-c1ccc(-c3cc4cccc5c6cccc7ccc8cccc(c9cccc3c9c45)c8c76)cc1)c1cccnc12. The lowest BCUT2D eigenvalue weighted by molar-refractivity contribution is 1.37. The van der Waals surface area contributed by atoms with Gasteiger partial charge < -0.3 is 0 Å². The maximum Gasteiger partial charge on any atom is 0.0970 e. The lowest BCUT2D eigenvalue weighted by Crippen LogP contribution is -1.91. The van der Waals surface area contributed by atoms with Crippen LogP contribution < -0.4 is 0 Å². The van der Waals surface area contributed by atoms with E-state index in [2.05, 4.69) is 138 Å². The average Bonchev–Trinajstić information content (AvgIpc) is 3.15. The first-order valence-electron chi connectivity index (χ1n) is 16.5. The third kappa shape index (κ3) is 3.46. The van der Waals surface area contributed by atoms with Crippen molar-refractivity contribution in [2.45, 2.75) is 0 Å². The predicted octanol–water partition coefficient (Wildman–Crippen LogP) is 12.5. The molecule has 48 heavy (non-hydrogen) atoms. The molecule has 2 heterocycles.